The summed E-state index contributed by atoms with van der Waals surface area (Å²) in [7, 11) is 1.28. The van der Waals surface area contributed by atoms with Crippen molar-refractivity contribution in [2.45, 2.75) is 31.8 Å². The van der Waals surface area contributed by atoms with Gasteiger partial charge in [-0.1, -0.05) is 0 Å². The van der Waals surface area contributed by atoms with Gasteiger partial charge < -0.3 is 25.2 Å². The van der Waals surface area contributed by atoms with E-state index in [1.165, 1.54) is 7.11 Å². The Morgan fingerprint density at radius 3 is 2.88 bits per heavy atom. The molecule has 0 saturated carbocycles. The van der Waals surface area contributed by atoms with Gasteiger partial charge in [0.15, 0.2) is 6.10 Å². The van der Waals surface area contributed by atoms with E-state index in [4.69, 9.17) is 14.6 Å². The van der Waals surface area contributed by atoms with Crippen LogP contribution in [0.4, 0.5) is 5.69 Å². The summed E-state index contributed by atoms with van der Waals surface area (Å²) in [5, 5.41) is 14.1. The number of hydrogen-bond donors (Lipinski definition) is 3. The van der Waals surface area contributed by atoms with Crippen LogP contribution in [0.5, 0.6) is 5.75 Å². The fourth-order valence-electron chi connectivity index (χ4n) is 2.44. The highest BCUT2D eigenvalue weighted by molar-refractivity contribution is 5.94. The van der Waals surface area contributed by atoms with Crippen LogP contribution in [0, 0.1) is 0 Å². The molecule has 0 aromatic heterocycles. The number of carboxylic acids is 1. The number of ether oxygens (including phenoxy) is 2. The number of carbonyl (C=O) groups is 3. The molecule has 1 heterocycles. The Balaban J connectivity index is 1.68. The predicted octanol–water partition coefficient (Wildman–Crippen LogP) is 0.946. The summed E-state index contributed by atoms with van der Waals surface area (Å²) in [5.41, 5.74) is 1.85. The first kappa shape index (κ1) is 18.7. The van der Waals surface area contributed by atoms with Crippen molar-refractivity contribution in [2.24, 2.45) is 0 Å². The summed E-state index contributed by atoms with van der Waals surface area (Å²) in [6.07, 6.45) is 0.846. The van der Waals surface area contributed by atoms with Crippen LogP contribution in [0.25, 0.3) is 0 Å². The van der Waals surface area contributed by atoms with Crippen LogP contribution < -0.4 is 15.4 Å². The number of anilines is 1. The Labute approximate surface area is 145 Å². The van der Waals surface area contributed by atoms with E-state index in [1.54, 1.807) is 6.07 Å². The number of benzene rings is 1. The van der Waals surface area contributed by atoms with Gasteiger partial charge in [0.1, 0.15) is 5.75 Å². The topological polar surface area (TPSA) is 114 Å². The van der Waals surface area contributed by atoms with Gasteiger partial charge in [-0.05, 0) is 36.6 Å². The zero-order valence-electron chi connectivity index (χ0n) is 14.0. The fraction of sp³-hybridized carbons (Fsp3) is 0.471. The number of nitrogens with one attached hydrogen (secondary N) is 2. The fourth-order valence-corrected chi connectivity index (χ4v) is 2.44. The van der Waals surface area contributed by atoms with Crippen molar-refractivity contribution in [3.05, 3.63) is 23.8 Å². The summed E-state index contributed by atoms with van der Waals surface area (Å²) in [5.74, 6) is -0.652. The Kier molecular flexibility index (Phi) is 6.76. The number of carboxylic acid groups (broad SMARTS) is 1. The number of amides is 2. The van der Waals surface area contributed by atoms with Gasteiger partial charge in [-0.15, -0.1) is 0 Å². The second kappa shape index (κ2) is 9.03. The summed E-state index contributed by atoms with van der Waals surface area (Å²) in [6, 6.07) is 5.48. The van der Waals surface area contributed by atoms with Crippen molar-refractivity contribution in [1.29, 1.82) is 0 Å². The normalized spacial score (nSPS) is 14.2. The number of hydrogen-bond acceptors (Lipinski definition) is 5. The molecule has 0 bridgehead atoms. The Hall–Kier alpha value is -2.61. The van der Waals surface area contributed by atoms with Crippen molar-refractivity contribution >= 4 is 23.5 Å². The van der Waals surface area contributed by atoms with Crippen LogP contribution in [-0.4, -0.2) is 49.3 Å². The minimum absolute atomic E-state index is 0.0193. The molecule has 1 aromatic carbocycles. The molecule has 1 aliphatic heterocycles. The first-order chi connectivity index (χ1) is 12.0. The maximum absolute atomic E-state index is 11.7. The third-order valence-electron chi connectivity index (χ3n) is 3.83. The maximum Gasteiger partial charge on any atom is 0.334 e. The lowest BCUT2D eigenvalue weighted by Crippen LogP contribution is -2.37. The first-order valence-electron chi connectivity index (χ1n) is 8.07. The number of aryl methyl sites for hydroxylation is 1. The number of methoxy groups -OCH3 is 1. The molecule has 0 saturated heterocycles. The smallest absolute Gasteiger partial charge is 0.334 e. The lowest BCUT2D eigenvalue weighted by Gasteiger charge is -2.17. The average molecular weight is 350 g/mol. The van der Waals surface area contributed by atoms with Gasteiger partial charge in [0.2, 0.25) is 11.8 Å². The second-order valence-electron chi connectivity index (χ2n) is 5.69. The summed E-state index contributed by atoms with van der Waals surface area (Å²) in [6.45, 7) is 0.299. The van der Waals surface area contributed by atoms with Crippen molar-refractivity contribution < 1.29 is 29.0 Å². The van der Waals surface area contributed by atoms with Gasteiger partial charge in [0.05, 0.1) is 13.2 Å². The summed E-state index contributed by atoms with van der Waals surface area (Å²) in [4.78, 5) is 33.7. The van der Waals surface area contributed by atoms with E-state index in [-0.39, 0.29) is 24.8 Å². The molecular formula is C17H22N2O6. The van der Waals surface area contributed by atoms with Gasteiger partial charge >= 0.3 is 5.97 Å². The quantitative estimate of drug-likeness (QED) is 0.571. The van der Waals surface area contributed by atoms with E-state index >= 15 is 0 Å². The Morgan fingerprint density at radius 2 is 2.16 bits per heavy atom. The number of rotatable bonds is 9. The summed E-state index contributed by atoms with van der Waals surface area (Å²) < 4.78 is 10.4. The third kappa shape index (κ3) is 5.75. The summed E-state index contributed by atoms with van der Waals surface area (Å²) >= 11 is 0. The van der Waals surface area contributed by atoms with Gasteiger partial charge in [0, 0.05) is 25.6 Å². The maximum atomic E-state index is 11.7. The largest absolute Gasteiger partial charge is 0.494 e. The van der Waals surface area contributed by atoms with E-state index in [2.05, 4.69) is 10.6 Å². The van der Waals surface area contributed by atoms with E-state index in [0.29, 0.717) is 31.6 Å². The van der Waals surface area contributed by atoms with E-state index < -0.39 is 12.1 Å². The lowest BCUT2D eigenvalue weighted by molar-refractivity contribution is -0.148. The van der Waals surface area contributed by atoms with Crippen LogP contribution >= 0.6 is 0 Å². The van der Waals surface area contributed by atoms with Crippen LogP contribution in [0.1, 0.15) is 24.8 Å². The first-order valence-corrected chi connectivity index (χ1v) is 8.07. The molecule has 1 aliphatic rings. The molecule has 1 aromatic rings. The van der Waals surface area contributed by atoms with Gasteiger partial charge in [0.25, 0.3) is 0 Å². The number of carbonyl (C=O) groups excluding carboxylic acids is 2. The molecule has 136 valence electrons. The monoisotopic (exact) mass is 350 g/mol. The molecular weight excluding hydrogens is 328 g/mol. The second-order valence-corrected chi connectivity index (χ2v) is 5.69. The van der Waals surface area contributed by atoms with Gasteiger partial charge in [-0.2, -0.15) is 0 Å². The molecule has 25 heavy (non-hydrogen) atoms. The van der Waals surface area contributed by atoms with Gasteiger partial charge in [-0.3, -0.25) is 9.59 Å². The molecule has 0 radical (unpaired) electrons. The minimum atomic E-state index is -1.12. The Morgan fingerprint density at radius 1 is 1.36 bits per heavy atom. The molecule has 0 aliphatic carbocycles. The molecule has 0 fully saturated rings. The van der Waals surface area contributed by atoms with Crippen molar-refractivity contribution in [2.75, 3.05) is 25.6 Å². The molecule has 2 rings (SSSR count). The zero-order valence-corrected chi connectivity index (χ0v) is 14.0. The molecule has 2 amide bonds. The van der Waals surface area contributed by atoms with Crippen LogP contribution in [-0.2, 0) is 25.5 Å². The number of aliphatic carboxylic acids is 1. The van der Waals surface area contributed by atoms with Crippen molar-refractivity contribution in [3.8, 4) is 5.75 Å². The van der Waals surface area contributed by atoms with Crippen LogP contribution in [0.2, 0.25) is 0 Å². The lowest BCUT2D eigenvalue weighted by atomic mass is 10.0. The van der Waals surface area contributed by atoms with E-state index in [1.807, 2.05) is 12.1 Å². The van der Waals surface area contributed by atoms with E-state index in [0.717, 1.165) is 11.3 Å². The van der Waals surface area contributed by atoms with E-state index in [9.17, 15) is 14.4 Å². The SMILES string of the molecule is COC(CNC(=O)CCCOc1ccc2c(c1)CCC(=O)N2)C(=O)O. The highest BCUT2D eigenvalue weighted by Crippen LogP contribution is 2.26. The molecule has 1 atom stereocenters. The molecule has 3 N–H and O–H groups in total. The predicted molar refractivity (Wildman–Crippen MR) is 89.6 cm³/mol. The van der Waals surface area contributed by atoms with Crippen LogP contribution in [0.3, 0.4) is 0 Å². The third-order valence-corrected chi connectivity index (χ3v) is 3.83. The molecule has 8 heteroatoms. The van der Waals surface area contributed by atoms with Crippen LogP contribution in [0.15, 0.2) is 18.2 Å². The molecule has 0 spiro atoms. The average Bonchev–Trinajstić information content (AvgIpc) is 2.59. The van der Waals surface area contributed by atoms with Crippen molar-refractivity contribution in [3.63, 3.8) is 0 Å². The molecule has 8 nitrogen and oxygen atoms in total. The number of fused-ring (bicyclic) bond motifs is 1. The highest BCUT2D eigenvalue weighted by atomic mass is 16.5. The zero-order chi connectivity index (χ0) is 18.2. The minimum Gasteiger partial charge on any atom is -0.494 e. The standard InChI is InChI=1S/C17H22N2O6/c1-24-14(17(22)23)10-18-15(20)3-2-8-25-12-5-6-13-11(9-12)4-7-16(21)19-13/h5-6,9,14H,2-4,7-8,10H2,1H3,(H,18,20)(H,19,21)(H,22,23). The van der Waals surface area contributed by atoms with Gasteiger partial charge in [-0.25, -0.2) is 4.79 Å². The highest BCUT2D eigenvalue weighted by Gasteiger charge is 2.17. The molecule has 1 unspecified atom stereocenters. The van der Waals surface area contributed by atoms with Crippen molar-refractivity contribution in [1.82, 2.24) is 5.32 Å². The Bertz CT molecular complexity index is 646.